The number of aldehydes is 2. The first-order chi connectivity index (χ1) is 22.9. The molecule has 2 aromatic rings. The lowest BCUT2D eigenvalue weighted by atomic mass is 9.77. The Kier molecular flexibility index (Phi) is 17.5. The number of hydrogen-bond acceptors (Lipinski definition) is 7. The molecule has 2 heterocycles. The van der Waals surface area contributed by atoms with Crippen LogP contribution in [0, 0.1) is 23.7 Å². The number of ether oxygens (including phenoxy) is 1. The molecule has 3 fully saturated rings. The highest BCUT2D eigenvalue weighted by molar-refractivity contribution is 5.87. The topological polar surface area (TPSA) is 115 Å². The smallest absolute Gasteiger partial charge is 0.226 e. The molecule has 3 aliphatic rings. The highest BCUT2D eigenvalue weighted by Crippen LogP contribution is 2.39. The van der Waals surface area contributed by atoms with Crippen LogP contribution in [0.3, 0.4) is 0 Å². The van der Waals surface area contributed by atoms with Crippen molar-refractivity contribution in [1.82, 2.24) is 4.90 Å². The normalized spacial score (nSPS) is 21.6. The first-order valence-electron chi connectivity index (χ1n) is 18.1. The largest absolute Gasteiger partial charge is 0.453 e. The van der Waals surface area contributed by atoms with Crippen LogP contribution in [0.2, 0.25) is 0 Å². The fraction of sp³-hybridized carbons (Fsp3) is 0.711. The van der Waals surface area contributed by atoms with E-state index in [0.717, 1.165) is 61.2 Å². The maximum Gasteiger partial charge on any atom is 0.226 e. The van der Waals surface area contributed by atoms with E-state index in [-0.39, 0.29) is 17.9 Å². The average molecular weight is 658 g/mol. The Morgan fingerprint density at radius 1 is 1.06 bits per heavy atom. The number of carbonyl (C=O) groups is 3. The number of carbonyl (C=O) groups excluding carboxylic acids is 3. The van der Waals surface area contributed by atoms with E-state index >= 15 is 0 Å². The van der Waals surface area contributed by atoms with Crippen molar-refractivity contribution in [3.05, 3.63) is 30.0 Å². The molecule has 4 unspecified atom stereocenters. The van der Waals surface area contributed by atoms with Gasteiger partial charge in [-0.15, -0.1) is 0 Å². The van der Waals surface area contributed by atoms with Gasteiger partial charge in [0.1, 0.15) is 18.5 Å². The van der Waals surface area contributed by atoms with Crippen molar-refractivity contribution in [3.63, 3.8) is 0 Å². The number of benzene rings is 1. The predicted molar refractivity (Wildman–Crippen MR) is 187 cm³/mol. The van der Waals surface area contributed by atoms with Crippen molar-refractivity contribution in [2.45, 2.75) is 115 Å². The SMILES string of the molecule is CCC(CCCC(N)CF)C(=O)N1CCC(C2CCCCC2)C1C=O.CNc1ccc2oc(C=O)cc2c1.COCC1CCCCC1. The molecule has 1 amide bonds. The number of amides is 1. The Morgan fingerprint density at radius 2 is 1.77 bits per heavy atom. The summed E-state index contributed by atoms with van der Waals surface area (Å²) in [5.74, 6) is 2.24. The quantitative estimate of drug-likeness (QED) is 0.210. The van der Waals surface area contributed by atoms with Crippen LogP contribution in [-0.4, -0.2) is 69.4 Å². The first-order valence-corrected chi connectivity index (χ1v) is 18.1. The molecule has 0 spiro atoms. The van der Waals surface area contributed by atoms with E-state index < -0.39 is 12.7 Å². The summed E-state index contributed by atoms with van der Waals surface area (Å²) < 4.78 is 22.8. The molecular formula is C38H60FN3O5. The second-order valence-corrected chi connectivity index (χ2v) is 13.7. The number of nitrogens with two attached hydrogens (primary N) is 1. The van der Waals surface area contributed by atoms with Crippen LogP contribution in [-0.2, 0) is 14.3 Å². The van der Waals surface area contributed by atoms with Gasteiger partial charge in [-0.3, -0.25) is 9.59 Å². The molecule has 1 aliphatic heterocycles. The lowest BCUT2D eigenvalue weighted by molar-refractivity contribution is -0.139. The van der Waals surface area contributed by atoms with E-state index in [9.17, 15) is 18.8 Å². The number of rotatable bonds is 13. The van der Waals surface area contributed by atoms with Crippen molar-refractivity contribution in [2.75, 3.05) is 39.3 Å². The molecule has 0 radical (unpaired) electrons. The molecule has 2 saturated carbocycles. The van der Waals surface area contributed by atoms with Crippen LogP contribution in [0.1, 0.15) is 114 Å². The van der Waals surface area contributed by atoms with Crippen LogP contribution >= 0.6 is 0 Å². The zero-order chi connectivity index (χ0) is 34.0. The molecule has 47 heavy (non-hydrogen) atoms. The minimum Gasteiger partial charge on any atom is -0.453 e. The Labute approximate surface area is 281 Å². The summed E-state index contributed by atoms with van der Waals surface area (Å²) in [6, 6.07) is 6.75. The number of methoxy groups -OCH3 is 1. The van der Waals surface area contributed by atoms with Gasteiger partial charge in [0, 0.05) is 50.3 Å². The van der Waals surface area contributed by atoms with Gasteiger partial charge in [0.05, 0.1) is 6.04 Å². The van der Waals surface area contributed by atoms with Crippen molar-refractivity contribution < 1.29 is 27.9 Å². The van der Waals surface area contributed by atoms with E-state index in [0.29, 0.717) is 36.8 Å². The molecule has 1 aromatic heterocycles. The number of alkyl halides is 1. The second-order valence-electron chi connectivity index (χ2n) is 13.7. The Bertz CT molecular complexity index is 1190. The number of furan rings is 1. The summed E-state index contributed by atoms with van der Waals surface area (Å²) in [5, 5.41) is 3.96. The standard InChI is InChI=1S/C20H35FN2O2.C10H9NO2.C8H16O/c1-2-15(9-6-10-17(22)13-21)20(25)23-12-11-18(19(23)14-24)16-7-4-3-5-8-16;1-11-8-2-3-10-7(4-8)5-9(6-12)13-10;1-9-7-8-5-3-2-4-6-8/h14-19H,2-13,22H2,1H3;2-6,11H,1H3;8H,2-7H2,1H3. The first kappa shape index (κ1) is 38.7. The van der Waals surface area contributed by atoms with Crippen LogP contribution in [0.25, 0.3) is 11.0 Å². The molecule has 264 valence electrons. The van der Waals surface area contributed by atoms with Crippen LogP contribution in [0.5, 0.6) is 0 Å². The van der Waals surface area contributed by atoms with Crippen LogP contribution < -0.4 is 11.1 Å². The predicted octanol–water partition coefficient (Wildman–Crippen LogP) is 7.98. The van der Waals surface area contributed by atoms with Gasteiger partial charge in [-0.25, -0.2) is 4.39 Å². The molecule has 3 N–H and O–H groups in total. The molecule has 2 aliphatic carbocycles. The highest BCUT2D eigenvalue weighted by atomic mass is 19.1. The number of nitrogens with zero attached hydrogens (tertiary/aromatic N) is 1. The Balaban J connectivity index is 0.000000224. The lowest BCUT2D eigenvalue weighted by Gasteiger charge is -2.32. The second kappa shape index (κ2) is 21.2. The van der Waals surface area contributed by atoms with E-state index in [1.807, 2.05) is 37.1 Å². The Hall–Kier alpha value is -2.78. The summed E-state index contributed by atoms with van der Waals surface area (Å²) >= 11 is 0. The van der Waals surface area contributed by atoms with Gasteiger partial charge in [-0.1, -0.05) is 64.7 Å². The van der Waals surface area contributed by atoms with E-state index in [1.165, 1.54) is 64.2 Å². The summed E-state index contributed by atoms with van der Waals surface area (Å²) in [6.07, 6.45) is 18.9. The monoisotopic (exact) mass is 657 g/mol. The molecule has 5 rings (SSSR count). The number of halogens is 1. The van der Waals surface area contributed by atoms with Gasteiger partial charge in [0.2, 0.25) is 5.91 Å². The zero-order valence-electron chi connectivity index (χ0n) is 29.1. The maximum atomic E-state index is 13.0. The van der Waals surface area contributed by atoms with Gasteiger partial charge in [-0.05, 0) is 80.5 Å². The molecule has 0 bridgehead atoms. The summed E-state index contributed by atoms with van der Waals surface area (Å²) in [5.41, 5.74) is 7.37. The number of nitrogens with one attached hydrogen (secondary N) is 1. The van der Waals surface area contributed by atoms with Crippen LogP contribution in [0.4, 0.5) is 10.1 Å². The lowest BCUT2D eigenvalue weighted by Crippen LogP contribution is -2.43. The third-order valence-electron chi connectivity index (χ3n) is 10.4. The summed E-state index contributed by atoms with van der Waals surface area (Å²) in [4.78, 5) is 37.0. The van der Waals surface area contributed by atoms with Crippen molar-refractivity contribution >= 4 is 35.1 Å². The maximum absolute atomic E-state index is 13.0. The van der Waals surface area contributed by atoms with Crippen LogP contribution in [0.15, 0.2) is 28.7 Å². The number of fused-ring (bicyclic) bond motifs is 1. The fourth-order valence-electron chi connectivity index (χ4n) is 7.65. The molecule has 4 atom stereocenters. The molecule has 9 heteroatoms. The molecule has 1 saturated heterocycles. The van der Waals surface area contributed by atoms with Gasteiger partial charge < -0.3 is 29.9 Å². The molecular weight excluding hydrogens is 597 g/mol. The summed E-state index contributed by atoms with van der Waals surface area (Å²) in [7, 11) is 3.65. The van der Waals surface area contributed by atoms with Gasteiger partial charge in [0.15, 0.2) is 12.0 Å². The van der Waals surface area contributed by atoms with Crippen molar-refractivity contribution in [2.24, 2.45) is 29.4 Å². The minimum absolute atomic E-state index is 0.0700. The summed E-state index contributed by atoms with van der Waals surface area (Å²) in [6.45, 7) is 3.21. The van der Waals surface area contributed by atoms with E-state index in [2.05, 4.69) is 5.32 Å². The average Bonchev–Trinajstić information content (AvgIpc) is 3.75. The Morgan fingerprint density at radius 3 is 2.36 bits per heavy atom. The third kappa shape index (κ3) is 12.0. The number of likely N-dealkylation sites (tertiary alicyclic amines) is 1. The van der Waals surface area contributed by atoms with Gasteiger partial charge in [0.25, 0.3) is 0 Å². The van der Waals surface area contributed by atoms with Crippen molar-refractivity contribution in [1.29, 1.82) is 0 Å². The van der Waals surface area contributed by atoms with E-state index in [1.54, 1.807) is 13.2 Å². The molecule has 1 aromatic carbocycles. The third-order valence-corrected chi connectivity index (χ3v) is 10.4. The fourth-order valence-corrected chi connectivity index (χ4v) is 7.65. The molecule has 8 nitrogen and oxygen atoms in total. The van der Waals surface area contributed by atoms with Gasteiger partial charge in [-0.2, -0.15) is 0 Å². The minimum atomic E-state index is -0.507. The number of anilines is 1. The van der Waals surface area contributed by atoms with E-state index in [4.69, 9.17) is 14.9 Å². The van der Waals surface area contributed by atoms with Crippen molar-refractivity contribution in [3.8, 4) is 0 Å². The highest BCUT2D eigenvalue weighted by Gasteiger charge is 2.42. The zero-order valence-corrected chi connectivity index (χ0v) is 29.1. The number of hydrogen-bond donors (Lipinski definition) is 2. The van der Waals surface area contributed by atoms with Gasteiger partial charge >= 0.3 is 0 Å².